The van der Waals surface area contributed by atoms with E-state index in [1.54, 1.807) is 18.0 Å². The van der Waals surface area contributed by atoms with E-state index in [4.69, 9.17) is 9.84 Å². The van der Waals surface area contributed by atoms with Crippen LogP contribution in [-0.4, -0.2) is 43.3 Å². The van der Waals surface area contributed by atoms with Gasteiger partial charge in [0.25, 0.3) is 0 Å². The Morgan fingerprint density at radius 3 is 2.65 bits per heavy atom. The number of rotatable bonds is 8. The maximum Gasteiger partial charge on any atom is 0.387 e. The quantitative estimate of drug-likeness (QED) is 0.795. The van der Waals surface area contributed by atoms with E-state index >= 15 is 0 Å². The Labute approximate surface area is 115 Å². The minimum absolute atomic E-state index is 0.0209. The Morgan fingerprint density at radius 2 is 2.10 bits per heavy atom. The van der Waals surface area contributed by atoms with Gasteiger partial charge in [-0.2, -0.15) is 8.78 Å². The lowest BCUT2D eigenvalue weighted by molar-refractivity contribution is -0.137. The van der Waals surface area contributed by atoms with Crippen LogP contribution in [0.1, 0.15) is 12.0 Å². The molecule has 1 aromatic rings. The molecule has 0 aliphatic rings. The summed E-state index contributed by atoms with van der Waals surface area (Å²) in [5, 5.41) is 8.59. The van der Waals surface area contributed by atoms with E-state index in [-0.39, 0.29) is 17.9 Å². The Bertz CT molecular complexity index is 454. The molecule has 0 amide bonds. The second-order valence-electron chi connectivity index (χ2n) is 4.25. The van der Waals surface area contributed by atoms with Gasteiger partial charge in [0.2, 0.25) is 0 Å². The fourth-order valence-corrected chi connectivity index (χ4v) is 1.68. The van der Waals surface area contributed by atoms with Crippen molar-refractivity contribution in [2.45, 2.75) is 19.6 Å². The molecule has 20 heavy (non-hydrogen) atoms. The van der Waals surface area contributed by atoms with Gasteiger partial charge in [0, 0.05) is 13.1 Å². The van der Waals surface area contributed by atoms with Crippen LogP contribution in [0, 0.1) is 0 Å². The first kappa shape index (κ1) is 16.2. The first-order valence-electron chi connectivity index (χ1n) is 5.94. The maximum absolute atomic E-state index is 12.3. The van der Waals surface area contributed by atoms with Crippen LogP contribution in [0.3, 0.4) is 0 Å². The normalized spacial score (nSPS) is 10.9. The molecule has 0 fully saturated rings. The number of hydrogen-bond acceptors (Lipinski definition) is 4. The summed E-state index contributed by atoms with van der Waals surface area (Å²) in [6.07, 6.45) is 0.0209. The minimum Gasteiger partial charge on any atom is -0.493 e. The van der Waals surface area contributed by atoms with Gasteiger partial charge in [-0.1, -0.05) is 6.07 Å². The van der Waals surface area contributed by atoms with Gasteiger partial charge in [-0.3, -0.25) is 4.79 Å². The molecule has 1 N–H and O–H groups in total. The number of halogens is 2. The number of benzene rings is 1. The van der Waals surface area contributed by atoms with Gasteiger partial charge in [0.15, 0.2) is 11.5 Å². The van der Waals surface area contributed by atoms with Crippen LogP contribution in [0.5, 0.6) is 11.5 Å². The van der Waals surface area contributed by atoms with Crippen molar-refractivity contribution in [1.82, 2.24) is 4.90 Å². The number of ether oxygens (including phenoxy) is 2. The zero-order valence-corrected chi connectivity index (χ0v) is 11.3. The number of nitrogens with zero attached hydrogens (tertiary/aromatic N) is 1. The summed E-state index contributed by atoms with van der Waals surface area (Å²) in [6.45, 7) is -2.13. The van der Waals surface area contributed by atoms with E-state index in [9.17, 15) is 13.6 Å². The zero-order chi connectivity index (χ0) is 15.1. The van der Waals surface area contributed by atoms with Crippen molar-refractivity contribution in [1.29, 1.82) is 0 Å². The lowest BCUT2D eigenvalue weighted by atomic mass is 10.2. The molecule has 0 saturated heterocycles. The Hall–Kier alpha value is -1.89. The SMILES string of the molecule is COc1ccc(CN(C)CCC(=O)O)cc1OC(F)F. The van der Waals surface area contributed by atoms with Crippen molar-refractivity contribution in [3.63, 3.8) is 0 Å². The molecule has 0 unspecified atom stereocenters. The number of aliphatic carboxylic acids is 1. The molecule has 0 saturated carbocycles. The number of alkyl halides is 2. The largest absolute Gasteiger partial charge is 0.493 e. The fourth-order valence-electron chi connectivity index (χ4n) is 1.68. The molecule has 0 aliphatic carbocycles. The highest BCUT2D eigenvalue weighted by Crippen LogP contribution is 2.29. The van der Waals surface area contributed by atoms with Crippen LogP contribution in [-0.2, 0) is 11.3 Å². The minimum atomic E-state index is -2.93. The van der Waals surface area contributed by atoms with Crippen molar-refractivity contribution in [2.75, 3.05) is 20.7 Å². The van der Waals surface area contributed by atoms with E-state index in [1.807, 2.05) is 0 Å². The highest BCUT2D eigenvalue weighted by Gasteiger charge is 2.12. The predicted molar refractivity (Wildman–Crippen MR) is 68.2 cm³/mol. The smallest absolute Gasteiger partial charge is 0.387 e. The summed E-state index contributed by atoms with van der Waals surface area (Å²) in [5.74, 6) is -0.692. The molecule has 1 rings (SSSR count). The number of carbonyl (C=O) groups is 1. The van der Waals surface area contributed by atoms with Crippen LogP contribution in [0.4, 0.5) is 8.78 Å². The highest BCUT2D eigenvalue weighted by atomic mass is 19.3. The van der Waals surface area contributed by atoms with E-state index < -0.39 is 12.6 Å². The third kappa shape index (κ3) is 5.40. The van der Waals surface area contributed by atoms with E-state index in [1.165, 1.54) is 19.2 Å². The number of methoxy groups -OCH3 is 1. The van der Waals surface area contributed by atoms with Gasteiger partial charge in [-0.25, -0.2) is 0 Å². The standard InChI is InChI=1S/C13H17F2NO4/c1-16(6-5-12(17)18)8-9-3-4-10(19-2)11(7-9)20-13(14)15/h3-4,7,13H,5-6,8H2,1-2H3,(H,17,18). The fraction of sp³-hybridized carbons (Fsp3) is 0.462. The third-order valence-electron chi connectivity index (χ3n) is 2.60. The monoisotopic (exact) mass is 289 g/mol. The summed E-state index contributed by atoms with van der Waals surface area (Å²) in [6, 6.07) is 4.72. The summed E-state index contributed by atoms with van der Waals surface area (Å²) in [4.78, 5) is 12.2. The van der Waals surface area contributed by atoms with Crippen molar-refractivity contribution >= 4 is 5.97 Å². The molecule has 5 nitrogen and oxygen atoms in total. The van der Waals surface area contributed by atoms with Crippen molar-refractivity contribution in [3.05, 3.63) is 23.8 Å². The summed E-state index contributed by atoms with van der Waals surface area (Å²) in [7, 11) is 3.12. The Morgan fingerprint density at radius 1 is 1.40 bits per heavy atom. The van der Waals surface area contributed by atoms with Crippen molar-refractivity contribution < 1.29 is 28.2 Å². The molecular formula is C13H17F2NO4. The number of hydrogen-bond donors (Lipinski definition) is 1. The van der Waals surface area contributed by atoms with Crippen LogP contribution in [0.2, 0.25) is 0 Å². The molecular weight excluding hydrogens is 272 g/mol. The summed E-state index contributed by atoms with van der Waals surface area (Å²) in [5.41, 5.74) is 0.731. The van der Waals surface area contributed by atoms with E-state index in [0.717, 1.165) is 5.56 Å². The Balaban J connectivity index is 2.73. The average Bonchev–Trinajstić information content (AvgIpc) is 2.36. The van der Waals surface area contributed by atoms with E-state index in [0.29, 0.717) is 13.1 Å². The van der Waals surface area contributed by atoms with Gasteiger partial charge in [-0.15, -0.1) is 0 Å². The van der Waals surface area contributed by atoms with Crippen LogP contribution in [0.25, 0.3) is 0 Å². The van der Waals surface area contributed by atoms with Crippen molar-refractivity contribution in [2.24, 2.45) is 0 Å². The third-order valence-corrected chi connectivity index (χ3v) is 2.60. The van der Waals surface area contributed by atoms with Crippen molar-refractivity contribution in [3.8, 4) is 11.5 Å². The molecule has 7 heteroatoms. The van der Waals surface area contributed by atoms with Crippen LogP contribution in [0.15, 0.2) is 18.2 Å². The Kier molecular flexibility index (Phi) is 6.17. The molecule has 0 aliphatic heterocycles. The molecule has 1 aromatic carbocycles. The lowest BCUT2D eigenvalue weighted by Crippen LogP contribution is -2.21. The number of carboxylic acids is 1. The molecule has 0 aromatic heterocycles. The lowest BCUT2D eigenvalue weighted by Gasteiger charge is -2.17. The predicted octanol–water partition coefficient (Wildman–Crippen LogP) is 2.20. The maximum atomic E-state index is 12.3. The van der Waals surface area contributed by atoms with Crippen LogP contribution >= 0.6 is 0 Å². The molecule has 0 atom stereocenters. The summed E-state index contributed by atoms with van der Waals surface area (Å²) < 4.78 is 33.9. The first-order chi connectivity index (χ1) is 9.42. The zero-order valence-electron chi connectivity index (χ0n) is 11.3. The average molecular weight is 289 g/mol. The van der Waals surface area contributed by atoms with Gasteiger partial charge < -0.3 is 19.5 Å². The molecule has 112 valence electrons. The topological polar surface area (TPSA) is 59.0 Å². The molecule has 0 heterocycles. The van der Waals surface area contributed by atoms with Gasteiger partial charge in [0.05, 0.1) is 13.5 Å². The number of carboxylic acid groups (broad SMARTS) is 1. The van der Waals surface area contributed by atoms with Crippen LogP contribution < -0.4 is 9.47 Å². The van der Waals surface area contributed by atoms with Gasteiger partial charge in [-0.05, 0) is 24.7 Å². The summed E-state index contributed by atoms with van der Waals surface area (Å²) >= 11 is 0. The molecule has 0 spiro atoms. The molecule has 0 radical (unpaired) electrons. The first-order valence-corrected chi connectivity index (χ1v) is 5.94. The van der Waals surface area contributed by atoms with E-state index in [2.05, 4.69) is 4.74 Å². The van der Waals surface area contributed by atoms with Gasteiger partial charge >= 0.3 is 12.6 Å². The molecule has 0 bridgehead atoms. The second-order valence-corrected chi connectivity index (χ2v) is 4.25. The second kappa shape index (κ2) is 7.64. The van der Waals surface area contributed by atoms with Gasteiger partial charge in [0.1, 0.15) is 0 Å². The highest BCUT2D eigenvalue weighted by molar-refractivity contribution is 5.66.